The summed E-state index contributed by atoms with van der Waals surface area (Å²) in [6, 6.07) is 19.8. The molecule has 0 radical (unpaired) electrons. The van der Waals surface area contributed by atoms with E-state index < -0.39 is 0 Å². The molecule has 2 amide bonds. The summed E-state index contributed by atoms with van der Waals surface area (Å²) in [5.41, 5.74) is 1.55. The minimum Gasteiger partial charge on any atom is -0.349 e. The summed E-state index contributed by atoms with van der Waals surface area (Å²) in [7, 11) is 0. The number of amides is 2. The van der Waals surface area contributed by atoms with E-state index in [9.17, 15) is 9.59 Å². The number of piperidine rings is 1. The predicted molar refractivity (Wildman–Crippen MR) is 131 cm³/mol. The van der Waals surface area contributed by atoms with E-state index in [4.69, 9.17) is 0 Å². The molecule has 2 aromatic carbocycles. The van der Waals surface area contributed by atoms with E-state index in [1.165, 1.54) is 11.3 Å². The van der Waals surface area contributed by atoms with Crippen LogP contribution in [-0.2, 0) is 4.79 Å². The van der Waals surface area contributed by atoms with Crippen LogP contribution in [0.5, 0.6) is 0 Å². The Hall–Kier alpha value is -2.61. The van der Waals surface area contributed by atoms with E-state index in [1.54, 1.807) is 11.8 Å². The molecule has 1 fully saturated rings. The number of hydrogen-bond acceptors (Lipinski definition) is 5. The van der Waals surface area contributed by atoms with Crippen molar-refractivity contribution in [2.24, 2.45) is 0 Å². The Balaban J connectivity index is 1.31. The van der Waals surface area contributed by atoms with Crippen molar-refractivity contribution < 1.29 is 9.59 Å². The fourth-order valence-electron chi connectivity index (χ4n) is 3.77. The van der Waals surface area contributed by atoms with Gasteiger partial charge in [-0.15, -0.1) is 0 Å². The van der Waals surface area contributed by atoms with Crippen LogP contribution in [0.3, 0.4) is 0 Å². The van der Waals surface area contributed by atoms with E-state index in [2.05, 4.69) is 27.7 Å². The molecule has 3 aromatic rings. The van der Waals surface area contributed by atoms with Crippen LogP contribution in [0.2, 0.25) is 0 Å². The highest BCUT2D eigenvalue weighted by molar-refractivity contribution is 7.99. The Kier molecular flexibility index (Phi) is 7.63. The van der Waals surface area contributed by atoms with Gasteiger partial charge in [-0.2, -0.15) is 11.3 Å². The first-order valence-corrected chi connectivity index (χ1v) is 12.6. The highest BCUT2D eigenvalue weighted by Gasteiger charge is 2.28. The monoisotopic (exact) mass is 465 g/mol. The van der Waals surface area contributed by atoms with Crippen LogP contribution in [0.15, 0.2) is 81.2 Å². The number of nitrogens with one attached hydrogen (secondary N) is 2. The van der Waals surface area contributed by atoms with Crippen molar-refractivity contribution in [2.75, 3.05) is 18.4 Å². The molecule has 32 heavy (non-hydrogen) atoms. The van der Waals surface area contributed by atoms with Crippen LogP contribution in [0, 0.1) is 0 Å². The van der Waals surface area contributed by atoms with Gasteiger partial charge in [0, 0.05) is 39.9 Å². The molecule has 1 aliphatic heterocycles. The third kappa shape index (κ3) is 5.79. The van der Waals surface area contributed by atoms with E-state index in [1.807, 2.05) is 66.2 Å². The lowest BCUT2D eigenvalue weighted by molar-refractivity contribution is -0.121. The van der Waals surface area contributed by atoms with Gasteiger partial charge >= 0.3 is 0 Å². The van der Waals surface area contributed by atoms with Gasteiger partial charge in [0.2, 0.25) is 5.91 Å². The Morgan fingerprint density at radius 2 is 1.75 bits per heavy atom. The lowest BCUT2D eigenvalue weighted by Gasteiger charge is -2.35. The van der Waals surface area contributed by atoms with Gasteiger partial charge in [0.15, 0.2) is 0 Å². The number of hydrogen-bond donors (Lipinski definition) is 2. The highest BCUT2D eigenvalue weighted by atomic mass is 32.2. The minimum atomic E-state index is -0.238. The molecule has 4 rings (SSSR count). The second kappa shape index (κ2) is 10.8. The third-order valence-corrected chi connectivity index (χ3v) is 7.46. The highest BCUT2D eigenvalue weighted by Crippen LogP contribution is 2.33. The number of anilines is 1. The molecule has 5 nitrogen and oxygen atoms in total. The largest absolute Gasteiger partial charge is 0.349 e. The number of thiophene rings is 1. The number of carbonyl (C=O) groups excluding carboxylic acids is 2. The van der Waals surface area contributed by atoms with E-state index in [-0.39, 0.29) is 23.9 Å². The standard InChI is InChI=1S/C25H27N3O2S2/c1-18(28-14-11-20(12-15-28)26-25(30)19-13-16-31-17-19)24(29)27-22-9-5-6-10-23(22)32-21-7-3-2-4-8-21/h2-10,13,16-18,20H,11-12,14-15H2,1H3,(H,26,30)(H,27,29). The lowest BCUT2D eigenvalue weighted by atomic mass is 10.0. The molecule has 1 unspecified atom stereocenters. The molecule has 0 saturated carbocycles. The van der Waals surface area contributed by atoms with E-state index in [0.717, 1.165) is 47.0 Å². The van der Waals surface area contributed by atoms with Gasteiger partial charge in [-0.25, -0.2) is 0 Å². The van der Waals surface area contributed by atoms with Crippen molar-refractivity contribution in [3.8, 4) is 0 Å². The van der Waals surface area contributed by atoms with Crippen LogP contribution >= 0.6 is 23.1 Å². The molecule has 1 saturated heterocycles. The number of rotatable bonds is 7. The second-order valence-corrected chi connectivity index (χ2v) is 9.77. The smallest absolute Gasteiger partial charge is 0.252 e. The van der Waals surface area contributed by atoms with Gasteiger partial charge in [-0.1, -0.05) is 42.1 Å². The number of carbonyl (C=O) groups is 2. The fourth-order valence-corrected chi connectivity index (χ4v) is 5.33. The maximum Gasteiger partial charge on any atom is 0.252 e. The van der Waals surface area contributed by atoms with Gasteiger partial charge in [-0.05, 0) is 55.5 Å². The first-order chi connectivity index (χ1) is 15.6. The number of nitrogens with zero attached hydrogens (tertiary/aromatic N) is 1. The summed E-state index contributed by atoms with van der Waals surface area (Å²) in [4.78, 5) is 29.6. The SMILES string of the molecule is CC(C(=O)Nc1ccccc1Sc1ccccc1)N1CCC(NC(=O)c2ccsc2)CC1. The topological polar surface area (TPSA) is 61.4 Å². The Labute approximate surface area is 197 Å². The average molecular weight is 466 g/mol. The van der Waals surface area contributed by atoms with Crippen molar-refractivity contribution in [1.82, 2.24) is 10.2 Å². The summed E-state index contributed by atoms with van der Waals surface area (Å²) in [6.45, 7) is 3.51. The van der Waals surface area contributed by atoms with Gasteiger partial charge in [0.1, 0.15) is 0 Å². The van der Waals surface area contributed by atoms with Gasteiger partial charge in [0.05, 0.1) is 11.7 Å². The molecule has 2 N–H and O–H groups in total. The van der Waals surface area contributed by atoms with Crippen LogP contribution in [0.4, 0.5) is 5.69 Å². The summed E-state index contributed by atoms with van der Waals surface area (Å²) in [6.07, 6.45) is 1.68. The third-order valence-electron chi connectivity index (χ3n) is 5.69. The van der Waals surface area contributed by atoms with Crippen molar-refractivity contribution >= 4 is 40.6 Å². The molecule has 166 valence electrons. The predicted octanol–water partition coefficient (Wildman–Crippen LogP) is 5.12. The lowest BCUT2D eigenvalue weighted by Crippen LogP contribution is -2.50. The maximum absolute atomic E-state index is 13.0. The Morgan fingerprint density at radius 3 is 2.47 bits per heavy atom. The number of likely N-dealkylation sites (tertiary alicyclic amines) is 1. The summed E-state index contributed by atoms with van der Waals surface area (Å²) >= 11 is 3.16. The quantitative estimate of drug-likeness (QED) is 0.508. The fraction of sp³-hybridized carbons (Fsp3) is 0.280. The minimum absolute atomic E-state index is 0.00753. The summed E-state index contributed by atoms with van der Waals surface area (Å²) in [5.74, 6) is -0.0186. The van der Waals surface area contributed by atoms with Crippen LogP contribution in [0.25, 0.3) is 0 Å². The molecular formula is C25H27N3O2S2. The molecule has 1 aliphatic rings. The van der Waals surface area contributed by atoms with Crippen molar-refractivity contribution in [3.63, 3.8) is 0 Å². The zero-order chi connectivity index (χ0) is 22.3. The second-order valence-electron chi connectivity index (χ2n) is 7.87. The molecule has 1 aromatic heterocycles. The summed E-state index contributed by atoms with van der Waals surface area (Å²) < 4.78 is 0. The molecular weight excluding hydrogens is 438 g/mol. The van der Waals surface area contributed by atoms with Crippen LogP contribution in [0.1, 0.15) is 30.1 Å². The van der Waals surface area contributed by atoms with Crippen LogP contribution < -0.4 is 10.6 Å². The van der Waals surface area contributed by atoms with Crippen LogP contribution in [-0.4, -0.2) is 41.9 Å². The molecule has 1 atom stereocenters. The van der Waals surface area contributed by atoms with Crippen molar-refractivity contribution in [3.05, 3.63) is 77.0 Å². The molecule has 7 heteroatoms. The first kappa shape index (κ1) is 22.6. The Morgan fingerprint density at radius 1 is 1.03 bits per heavy atom. The normalized spacial score (nSPS) is 15.8. The van der Waals surface area contributed by atoms with Gasteiger partial charge in [-0.3, -0.25) is 14.5 Å². The number of benzene rings is 2. The molecule has 0 spiro atoms. The van der Waals surface area contributed by atoms with Crippen molar-refractivity contribution in [1.29, 1.82) is 0 Å². The van der Waals surface area contributed by atoms with Gasteiger partial charge < -0.3 is 10.6 Å². The Bertz CT molecular complexity index is 1030. The molecule has 0 bridgehead atoms. The summed E-state index contributed by atoms with van der Waals surface area (Å²) in [5, 5.41) is 10.0. The molecule has 0 aliphatic carbocycles. The first-order valence-electron chi connectivity index (χ1n) is 10.8. The van der Waals surface area contributed by atoms with E-state index >= 15 is 0 Å². The maximum atomic E-state index is 13.0. The van der Waals surface area contributed by atoms with E-state index in [0.29, 0.717) is 0 Å². The van der Waals surface area contributed by atoms with Gasteiger partial charge in [0.25, 0.3) is 5.91 Å². The zero-order valence-corrected chi connectivity index (χ0v) is 19.6. The zero-order valence-electron chi connectivity index (χ0n) is 18.0. The average Bonchev–Trinajstić information content (AvgIpc) is 3.36. The number of para-hydroxylation sites is 1. The molecule has 2 heterocycles. The van der Waals surface area contributed by atoms with Crippen molar-refractivity contribution in [2.45, 2.75) is 41.6 Å².